The highest BCUT2D eigenvalue weighted by Gasteiger charge is 2.09. The maximum Gasteiger partial charge on any atom is 0.124 e. The molecule has 3 N–H and O–H groups in total. The summed E-state index contributed by atoms with van der Waals surface area (Å²) >= 11 is 4.98. The van der Waals surface area contributed by atoms with Gasteiger partial charge in [-0.1, -0.05) is 12.2 Å². The van der Waals surface area contributed by atoms with Crippen LogP contribution in [0.15, 0.2) is 18.3 Å². The van der Waals surface area contributed by atoms with Gasteiger partial charge in [-0.2, -0.15) is 0 Å². The summed E-state index contributed by atoms with van der Waals surface area (Å²) < 4.78 is 0. The van der Waals surface area contributed by atoms with Crippen LogP contribution in [0, 0.1) is 0 Å². The SMILES string of the molecule is CC(CCN(C)C)Nc1cccnc1C(N)=S. The molecule has 17 heavy (non-hydrogen) atoms. The molecule has 1 heterocycles. The summed E-state index contributed by atoms with van der Waals surface area (Å²) in [5.74, 6) is 0. The van der Waals surface area contributed by atoms with Crippen molar-refractivity contribution in [1.82, 2.24) is 9.88 Å². The summed E-state index contributed by atoms with van der Waals surface area (Å²) in [4.78, 5) is 6.68. The van der Waals surface area contributed by atoms with E-state index in [4.69, 9.17) is 18.0 Å². The van der Waals surface area contributed by atoms with Crippen LogP contribution in [0.2, 0.25) is 0 Å². The zero-order valence-corrected chi connectivity index (χ0v) is 11.4. The van der Waals surface area contributed by atoms with E-state index in [1.807, 2.05) is 12.1 Å². The van der Waals surface area contributed by atoms with Crippen LogP contribution in [0.5, 0.6) is 0 Å². The molecule has 0 fully saturated rings. The molecule has 0 aliphatic rings. The highest BCUT2D eigenvalue weighted by atomic mass is 32.1. The fraction of sp³-hybridized carbons (Fsp3) is 0.500. The van der Waals surface area contributed by atoms with Crippen LogP contribution in [0.25, 0.3) is 0 Å². The van der Waals surface area contributed by atoms with Crippen molar-refractivity contribution in [2.24, 2.45) is 5.73 Å². The second-order valence-electron chi connectivity index (χ2n) is 4.40. The number of anilines is 1. The van der Waals surface area contributed by atoms with Crippen LogP contribution in [-0.4, -0.2) is 41.6 Å². The molecule has 0 bridgehead atoms. The second kappa shape index (κ2) is 6.51. The Labute approximate surface area is 108 Å². The number of nitrogens with one attached hydrogen (secondary N) is 1. The minimum Gasteiger partial charge on any atom is -0.388 e. The minimum absolute atomic E-state index is 0.327. The van der Waals surface area contributed by atoms with Gasteiger partial charge in [-0.3, -0.25) is 4.98 Å². The van der Waals surface area contributed by atoms with E-state index in [0.717, 1.165) is 18.7 Å². The average Bonchev–Trinajstić information content (AvgIpc) is 2.27. The third-order valence-corrected chi connectivity index (χ3v) is 2.65. The van der Waals surface area contributed by atoms with E-state index in [2.05, 4.69) is 36.2 Å². The largest absolute Gasteiger partial charge is 0.388 e. The van der Waals surface area contributed by atoms with Gasteiger partial charge in [0, 0.05) is 12.2 Å². The summed E-state index contributed by atoms with van der Waals surface area (Å²) in [7, 11) is 4.13. The lowest BCUT2D eigenvalue weighted by Gasteiger charge is -2.19. The van der Waals surface area contributed by atoms with Gasteiger partial charge in [-0.15, -0.1) is 0 Å². The lowest BCUT2D eigenvalue weighted by atomic mass is 10.2. The van der Waals surface area contributed by atoms with Crippen molar-refractivity contribution < 1.29 is 0 Å². The quantitative estimate of drug-likeness (QED) is 0.751. The Morgan fingerprint density at radius 2 is 2.29 bits per heavy atom. The van der Waals surface area contributed by atoms with Crippen molar-refractivity contribution in [2.75, 3.05) is 26.0 Å². The first-order valence-corrected chi connectivity index (χ1v) is 6.07. The molecule has 1 unspecified atom stereocenters. The molecule has 0 spiro atoms. The van der Waals surface area contributed by atoms with E-state index in [1.165, 1.54) is 0 Å². The van der Waals surface area contributed by atoms with Gasteiger partial charge in [-0.05, 0) is 46.1 Å². The minimum atomic E-state index is 0.327. The van der Waals surface area contributed by atoms with Crippen molar-refractivity contribution >= 4 is 22.9 Å². The Hall–Kier alpha value is -1.20. The molecular weight excluding hydrogens is 232 g/mol. The molecule has 0 aliphatic heterocycles. The molecule has 0 aromatic carbocycles. The van der Waals surface area contributed by atoms with Gasteiger partial charge < -0.3 is 16.0 Å². The lowest BCUT2D eigenvalue weighted by molar-refractivity contribution is 0.390. The predicted octanol–water partition coefficient (Wildman–Crippen LogP) is 1.47. The topological polar surface area (TPSA) is 54.2 Å². The van der Waals surface area contributed by atoms with Crippen molar-refractivity contribution in [3.05, 3.63) is 24.0 Å². The normalized spacial score (nSPS) is 12.5. The highest BCUT2D eigenvalue weighted by molar-refractivity contribution is 7.80. The van der Waals surface area contributed by atoms with Crippen molar-refractivity contribution in [3.63, 3.8) is 0 Å². The molecule has 1 aromatic heterocycles. The van der Waals surface area contributed by atoms with E-state index in [0.29, 0.717) is 16.7 Å². The number of aromatic nitrogens is 1. The highest BCUT2D eigenvalue weighted by Crippen LogP contribution is 2.14. The number of hydrogen-bond donors (Lipinski definition) is 2. The van der Waals surface area contributed by atoms with Crippen LogP contribution >= 0.6 is 12.2 Å². The Bertz CT molecular complexity index is 379. The maximum absolute atomic E-state index is 5.63. The molecule has 1 aromatic rings. The van der Waals surface area contributed by atoms with Crippen molar-refractivity contribution in [1.29, 1.82) is 0 Å². The predicted molar refractivity (Wildman–Crippen MR) is 76.4 cm³/mol. The van der Waals surface area contributed by atoms with E-state index < -0.39 is 0 Å². The van der Waals surface area contributed by atoms with Crippen LogP contribution in [-0.2, 0) is 0 Å². The zero-order valence-electron chi connectivity index (χ0n) is 10.6. The Morgan fingerprint density at radius 1 is 1.59 bits per heavy atom. The smallest absolute Gasteiger partial charge is 0.124 e. The van der Waals surface area contributed by atoms with Gasteiger partial charge in [-0.25, -0.2) is 0 Å². The second-order valence-corrected chi connectivity index (χ2v) is 4.84. The van der Waals surface area contributed by atoms with Gasteiger partial charge in [0.1, 0.15) is 10.7 Å². The van der Waals surface area contributed by atoms with E-state index in [9.17, 15) is 0 Å². The zero-order chi connectivity index (χ0) is 12.8. The van der Waals surface area contributed by atoms with Crippen LogP contribution in [0.4, 0.5) is 5.69 Å². The number of thiocarbonyl (C=S) groups is 1. The van der Waals surface area contributed by atoms with E-state index in [1.54, 1.807) is 6.20 Å². The number of hydrogen-bond acceptors (Lipinski definition) is 4. The maximum atomic E-state index is 5.63. The van der Waals surface area contributed by atoms with Gasteiger partial charge in [0.2, 0.25) is 0 Å². The number of nitrogens with zero attached hydrogens (tertiary/aromatic N) is 2. The fourth-order valence-electron chi connectivity index (χ4n) is 1.51. The summed E-state index contributed by atoms with van der Waals surface area (Å²) in [6.45, 7) is 3.18. The fourth-order valence-corrected chi connectivity index (χ4v) is 1.67. The molecule has 5 heteroatoms. The monoisotopic (exact) mass is 252 g/mol. The van der Waals surface area contributed by atoms with Gasteiger partial charge in [0.25, 0.3) is 0 Å². The third-order valence-electron chi connectivity index (χ3n) is 2.45. The summed E-state index contributed by atoms with van der Waals surface area (Å²) in [6, 6.07) is 4.19. The molecule has 1 rings (SSSR count). The van der Waals surface area contributed by atoms with E-state index in [-0.39, 0.29) is 0 Å². The molecule has 0 saturated carbocycles. The molecule has 1 atom stereocenters. The molecule has 4 nitrogen and oxygen atoms in total. The van der Waals surface area contributed by atoms with Gasteiger partial charge in [0.15, 0.2) is 0 Å². The number of pyridine rings is 1. The van der Waals surface area contributed by atoms with Crippen LogP contribution < -0.4 is 11.1 Å². The Kier molecular flexibility index (Phi) is 5.31. The molecular formula is C12H20N4S. The average molecular weight is 252 g/mol. The Balaban J connectivity index is 2.64. The third kappa shape index (κ3) is 4.66. The molecule has 0 amide bonds. The first-order chi connectivity index (χ1) is 8.00. The van der Waals surface area contributed by atoms with Crippen LogP contribution in [0.3, 0.4) is 0 Å². The molecule has 0 radical (unpaired) electrons. The van der Waals surface area contributed by atoms with Gasteiger partial charge >= 0.3 is 0 Å². The standard InChI is InChI=1S/C12H20N4S/c1-9(6-8-16(2)3)15-10-5-4-7-14-11(10)12(13)17/h4-5,7,9,15H,6,8H2,1-3H3,(H2,13,17). The van der Waals surface area contributed by atoms with Gasteiger partial charge in [0.05, 0.1) is 5.69 Å². The molecule has 0 saturated heterocycles. The molecule has 0 aliphatic carbocycles. The summed E-state index contributed by atoms with van der Waals surface area (Å²) in [5.41, 5.74) is 7.21. The lowest BCUT2D eigenvalue weighted by Crippen LogP contribution is -2.24. The first kappa shape index (κ1) is 13.9. The summed E-state index contributed by atoms with van der Waals surface area (Å²) in [6.07, 6.45) is 2.75. The van der Waals surface area contributed by atoms with Crippen LogP contribution in [0.1, 0.15) is 19.0 Å². The summed E-state index contributed by atoms with van der Waals surface area (Å²) in [5, 5.41) is 3.39. The first-order valence-electron chi connectivity index (χ1n) is 5.66. The van der Waals surface area contributed by atoms with Crippen molar-refractivity contribution in [3.8, 4) is 0 Å². The Morgan fingerprint density at radius 3 is 2.88 bits per heavy atom. The number of rotatable bonds is 6. The van der Waals surface area contributed by atoms with Crippen molar-refractivity contribution in [2.45, 2.75) is 19.4 Å². The molecule has 94 valence electrons. The van der Waals surface area contributed by atoms with E-state index >= 15 is 0 Å². The number of nitrogens with two attached hydrogens (primary N) is 1.